The van der Waals surface area contributed by atoms with Gasteiger partial charge in [0.2, 0.25) is 0 Å². The Labute approximate surface area is 81.7 Å². The summed E-state index contributed by atoms with van der Waals surface area (Å²) in [7, 11) is 0. The minimum Gasteiger partial charge on any atom is -0.294 e. The van der Waals surface area contributed by atoms with E-state index in [2.05, 4.69) is 0 Å². The summed E-state index contributed by atoms with van der Waals surface area (Å²) in [6.45, 7) is 3.81. The highest BCUT2D eigenvalue weighted by Crippen LogP contribution is 2.80. The van der Waals surface area contributed by atoms with Crippen LogP contribution in [0.4, 0.5) is 0 Å². The number of fused-ring (bicyclic) bond motifs is 1. The van der Waals surface area contributed by atoms with E-state index in [9.17, 15) is 4.79 Å². The molecule has 0 aromatic rings. The van der Waals surface area contributed by atoms with Crippen molar-refractivity contribution >= 4 is 29.0 Å². The van der Waals surface area contributed by atoms with Crippen LogP contribution in [0.5, 0.6) is 0 Å². The van der Waals surface area contributed by atoms with Crippen LogP contribution in [-0.4, -0.2) is 10.1 Å². The number of ketones is 1. The normalized spacial score (nSPS) is 48.8. The quantitative estimate of drug-likeness (QED) is 0.555. The molecule has 12 heavy (non-hydrogen) atoms. The van der Waals surface area contributed by atoms with E-state index < -0.39 is 9.75 Å². The highest BCUT2D eigenvalue weighted by Gasteiger charge is 2.84. The second kappa shape index (κ2) is 1.91. The summed E-state index contributed by atoms with van der Waals surface area (Å²) >= 11 is 12.2. The molecule has 1 saturated carbocycles. The molecule has 66 valence electrons. The fourth-order valence-electron chi connectivity index (χ4n) is 2.20. The van der Waals surface area contributed by atoms with Crippen LogP contribution in [-0.2, 0) is 4.79 Å². The number of alkyl halides is 2. The first kappa shape index (κ1) is 8.58. The molecular formula is C9H10Cl2O. The Morgan fingerprint density at radius 3 is 2.42 bits per heavy atom. The van der Waals surface area contributed by atoms with E-state index in [4.69, 9.17) is 23.2 Å². The summed E-state index contributed by atoms with van der Waals surface area (Å²) in [5.41, 5.74) is -0.813. The van der Waals surface area contributed by atoms with Crippen LogP contribution in [0.2, 0.25) is 0 Å². The van der Waals surface area contributed by atoms with Gasteiger partial charge in [-0.3, -0.25) is 4.79 Å². The fourth-order valence-corrected chi connectivity index (χ4v) is 3.24. The van der Waals surface area contributed by atoms with Crippen LogP contribution in [0, 0.1) is 10.8 Å². The third kappa shape index (κ3) is 0.559. The molecule has 0 heterocycles. The van der Waals surface area contributed by atoms with Crippen LogP contribution in [0.1, 0.15) is 20.3 Å². The molecule has 1 fully saturated rings. The average Bonchev–Trinajstić information content (AvgIpc) is 2.32. The van der Waals surface area contributed by atoms with Gasteiger partial charge < -0.3 is 0 Å². The first-order valence-electron chi connectivity index (χ1n) is 3.97. The van der Waals surface area contributed by atoms with Gasteiger partial charge in [-0.15, -0.1) is 0 Å². The van der Waals surface area contributed by atoms with Crippen molar-refractivity contribution in [3.63, 3.8) is 0 Å². The SMILES string of the molecule is C[C@@]12C(=O)C=CC[C@]1(C)C2(Cl)Cl. The van der Waals surface area contributed by atoms with Crippen LogP contribution < -0.4 is 0 Å². The van der Waals surface area contributed by atoms with E-state index >= 15 is 0 Å². The van der Waals surface area contributed by atoms with Crippen LogP contribution in [0.15, 0.2) is 12.2 Å². The number of carbonyl (C=O) groups is 1. The largest absolute Gasteiger partial charge is 0.294 e. The summed E-state index contributed by atoms with van der Waals surface area (Å²) in [5, 5.41) is 0. The number of hydrogen-bond acceptors (Lipinski definition) is 1. The highest BCUT2D eigenvalue weighted by atomic mass is 35.5. The molecule has 0 spiro atoms. The summed E-state index contributed by atoms with van der Waals surface area (Å²) < 4.78 is -0.874. The molecule has 1 nitrogen and oxygen atoms in total. The fraction of sp³-hybridized carbons (Fsp3) is 0.667. The van der Waals surface area contributed by atoms with Gasteiger partial charge in [0.1, 0.15) is 4.33 Å². The number of halogens is 2. The van der Waals surface area contributed by atoms with Gasteiger partial charge in [-0.1, -0.05) is 36.2 Å². The predicted molar refractivity (Wildman–Crippen MR) is 49.4 cm³/mol. The first-order chi connectivity index (χ1) is 5.38. The Hall–Kier alpha value is -0.0100. The number of rotatable bonds is 0. The standard InChI is InChI=1S/C9H10Cl2O/c1-7-5-3-4-6(12)8(7,2)9(7,10)11/h3-4H,5H2,1-2H3/t7-,8+/m0/s1. The first-order valence-corrected chi connectivity index (χ1v) is 4.72. The lowest BCUT2D eigenvalue weighted by Gasteiger charge is -2.15. The van der Waals surface area contributed by atoms with Crippen molar-refractivity contribution in [2.24, 2.45) is 10.8 Å². The molecule has 0 aliphatic heterocycles. The van der Waals surface area contributed by atoms with Gasteiger partial charge in [-0.05, 0) is 19.4 Å². The molecule has 0 amide bonds. The maximum atomic E-state index is 11.5. The molecule has 2 atom stereocenters. The lowest BCUT2D eigenvalue weighted by Crippen LogP contribution is -2.20. The molecule has 2 aliphatic rings. The molecule has 2 aliphatic carbocycles. The van der Waals surface area contributed by atoms with Crippen molar-refractivity contribution in [2.75, 3.05) is 0 Å². The molecule has 2 rings (SSSR count). The van der Waals surface area contributed by atoms with Crippen molar-refractivity contribution < 1.29 is 4.79 Å². The van der Waals surface area contributed by atoms with Gasteiger partial charge in [0.15, 0.2) is 5.78 Å². The van der Waals surface area contributed by atoms with Crippen molar-refractivity contribution in [1.82, 2.24) is 0 Å². The molecule has 0 aromatic carbocycles. The Morgan fingerprint density at radius 1 is 1.42 bits per heavy atom. The van der Waals surface area contributed by atoms with Gasteiger partial charge >= 0.3 is 0 Å². The molecule has 0 aromatic heterocycles. The zero-order valence-corrected chi connectivity index (χ0v) is 8.54. The van der Waals surface area contributed by atoms with Crippen molar-refractivity contribution in [3.05, 3.63) is 12.2 Å². The van der Waals surface area contributed by atoms with Gasteiger partial charge in [0.25, 0.3) is 0 Å². The lowest BCUT2D eigenvalue weighted by molar-refractivity contribution is -0.120. The van der Waals surface area contributed by atoms with E-state index in [1.54, 1.807) is 6.08 Å². The second-order valence-electron chi connectivity index (χ2n) is 4.00. The smallest absolute Gasteiger partial charge is 0.164 e. The summed E-state index contributed by atoms with van der Waals surface area (Å²) in [6, 6.07) is 0. The number of carbonyl (C=O) groups excluding carboxylic acids is 1. The van der Waals surface area contributed by atoms with Gasteiger partial charge in [-0.2, -0.15) is 0 Å². The zero-order chi connectivity index (χ0) is 9.20. The summed E-state index contributed by atoms with van der Waals surface area (Å²) in [6.07, 6.45) is 4.24. The van der Waals surface area contributed by atoms with Gasteiger partial charge in [0, 0.05) is 5.41 Å². The Balaban J connectivity index is 2.52. The third-order valence-electron chi connectivity index (χ3n) is 3.65. The highest BCUT2D eigenvalue weighted by molar-refractivity contribution is 6.54. The summed E-state index contributed by atoms with van der Waals surface area (Å²) in [4.78, 5) is 11.5. The van der Waals surface area contributed by atoms with E-state index in [0.29, 0.717) is 0 Å². The van der Waals surface area contributed by atoms with E-state index in [-0.39, 0.29) is 11.2 Å². The Morgan fingerprint density at radius 2 is 2.00 bits per heavy atom. The molecule has 0 radical (unpaired) electrons. The van der Waals surface area contributed by atoms with Gasteiger partial charge in [0.05, 0.1) is 5.41 Å². The monoisotopic (exact) mass is 204 g/mol. The molecular weight excluding hydrogens is 195 g/mol. The second-order valence-corrected chi connectivity index (χ2v) is 5.33. The minimum absolute atomic E-state index is 0.0567. The van der Waals surface area contributed by atoms with Crippen LogP contribution >= 0.6 is 23.2 Å². The van der Waals surface area contributed by atoms with Crippen molar-refractivity contribution in [1.29, 1.82) is 0 Å². The Kier molecular flexibility index (Phi) is 1.36. The minimum atomic E-state index is -0.874. The molecule has 0 N–H and O–H groups in total. The number of allylic oxidation sites excluding steroid dienone is 2. The predicted octanol–water partition coefficient (Wildman–Crippen LogP) is 2.72. The molecule has 0 bridgehead atoms. The maximum absolute atomic E-state index is 11.5. The average molecular weight is 205 g/mol. The topological polar surface area (TPSA) is 17.1 Å². The van der Waals surface area contributed by atoms with E-state index in [0.717, 1.165) is 6.42 Å². The van der Waals surface area contributed by atoms with E-state index in [1.807, 2.05) is 19.9 Å². The summed E-state index contributed by atoms with van der Waals surface area (Å²) in [5.74, 6) is 0.0567. The van der Waals surface area contributed by atoms with Crippen molar-refractivity contribution in [2.45, 2.75) is 24.6 Å². The molecule has 0 unspecified atom stereocenters. The van der Waals surface area contributed by atoms with Gasteiger partial charge in [-0.25, -0.2) is 0 Å². The molecule has 0 saturated heterocycles. The van der Waals surface area contributed by atoms with E-state index in [1.165, 1.54) is 0 Å². The van der Waals surface area contributed by atoms with Crippen molar-refractivity contribution in [3.8, 4) is 0 Å². The lowest BCUT2D eigenvalue weighted by atomic mass is 9.85. The number of hydrogen-bond donors (Lipinski definition) is 0. The van der Waals surface area contributed by atoms with Crippen LogP contribution in [0.3, 0.4) is 0 Å². The van der Waals surface area contributed by atoms with Crippen LogP contribution in [0.25, 0.3) is 0 Å². The Bertz CT molecular complexity index is 295. The molecule has 3 heteroatoms. The third-order valence-corrected chi connectivity index (χ3v) is 5.24. The maximum Gasteiger partial charge on any atom is 0.164 e. The zero-order valence-electron chi connectivity index (χ0n) is 7.03.